The highest BCUT2D eigenvalue weighted by atomic mass is 32.1. The molecule has 0 aliphatic carbocycles. The van der Waals surface area contributed by atoms with Crippen LogP contribution in [0.15, 0.2) is 52.3 Å². The number of nitrogens with zero attached hydrogens (tertiary/aromatic N) is 2. The van der Waals surface area contributed by atoms with E-state index in [1.165, 1.54) is 22.7 Å². The molecule has 23 heavy (non-hydrogen) atoms. The number of carbonyl (C=O) groups is 1. The molecule has 0 saturated heterocycles. The lowest BCUT2D eigenvalue weighted by molar-refractivity contribution is 0.0740. The van der Waals surface area contributed by atoms with Crippen molar-refractivity contribution in [1.29, 1.82) is 0 Å². The molecule has 0 radical (unpaired) electrons. The maximum absolute atomic E-state index is 11.9. The zero-order chi connectivity index (χ0) is 16.1. The van der Waals surface area contributed by atoms with Gasteiger partial charge in [-0.2, -0.15) is 5.10 Å². The van der Waals surface area contributed by atoms with Crippen LogP contribution in [0.1, 0.15) is 15.2 Å². The Morgan fingerprint density at radius 1 is 1.30 bits per heavy atom. The summed E-state index contributed by atoms with van der Waals surface area (Å²) in [6, 6.07) is 10.6. The summed E-state index contributed by atoms with van der Waals surface area (Å²) >= 11 is 2.71. The van der Waals surface area contributed by atoms with Gasteiger partial charge in [0.15, 0.2) is 0 Å². The number of thiazole rings is 1. The van der Waals surface area contributed by atoms with Crippen molar-refractivity contribution in [2.45, 2.75) is 0 Å². The maximum atomic E-state index is 11.9. The summed E-state index contributed by atoms with van der Waals surface area (Å²) in [5.74, 6) is 0.548. The number of benzene rings is 1. The summed E-state index contributed by atoms with van der Waals surface area (Å²) in [5, 5.41) is 8.24. The molecule has 0 aliphatic rings. The number of carbonyl (C=O) groups excluding carboxylic acids is 1. The summed E-state index contributed by atoms with van der Waals surface area (Å²) in [6.07, 6.45) is 1.61. The Kier molecular flexibility index (Phi) is 4.65. The van der Waals surface area contributed by atoms with Crippen LogP contribution < -0.4 is 15.9 Å². The third kappa shape index (κ3) is 4.15. The lowest BCUT2D eigenvalue weighted by atomic mass is 10.2. The van der Waals surface area contributed by atoms with Gasteiger partial charge >= 0.3 is 5.97 Å². The molecule has 0 unspecified atom stereocenters. The molecule has 116 valence electrons. The molecule has 0 aliphatic heterocycles. The van der Waals surface area contributed by atoms with Gasteiger partial charge in [-0.1, -0.05) is 18.2 Å². The largest absolute Gasteiger partial charge is 0.422 e. The monoisotopic (exact) mass is 344 g/mol. The second-order valence-electron chi connectivity index (χ2n) is 4.39. The number of thiophene rings is 1. The zero-order valence-corrected chi connectivity index (χ0v) is 13.4. The van der Waals surface area contributed by atoms with E-state index in [0.717, 1.165) is 5.56 Å². The second-order valence-corrected chi connectivity index (χ2v) is 6.19. The van der Waals surface area contributed by atoms with Gasteiger partial charge in [0.05, 0.1) is 6.21 Å². The van der Waals surface area contributed by atoms with E-state index in [1.54, 1.807) is 41.9 Å². The second kappa shape index (κ2) is 7.03. The lowest BCUT2D eigenvalue weighted by Crippen LogP contribution is -2.06. The number of nitrogens with two attached hydrogens (primary N) is 1. The van der Waals surface area contributed by atoms with Gasteiger partial charge in [0, 0.05) is 5.38 Å². The minimum atomic E-state index is -0.370. The van der Waals surface area contributed by atoms with Crippen LogP contribution in [0.25, 0.3) is 0 Å². The number of hydrogen-bond acceptors (Lipinski definition) is 8. The van der Waals surface area contributed by atoms with E-state index in [-0.39, 0.29) is 5.97 Å². The van der Waals surface area contributed by atoms with Crippen LogP contribution >= 0.6 is 22.7 Å². The van der Waals surface area contributed by atoms with Gasteiger partial charge in [0.25, 0.3) is 0 Å². The van der Waals surface area contributed by atoms with Gasteiger partial charge in [-0.3, -0.25) is 5.43 Å². The summed E-state index contributed by atoms with van der Waals surface area (Å²) in [6.45, 7) is 0. The number of rotatable bonds is 5. The number of esters is 1. The summed E-state index contributed by atoms with van der Waals surface area (Å²) < 4.78 is 5.33. The van der Waals surface area contributed by atoms with E-state index >= 15 is 0 Å². The highest BCUT2D eigenvalue weighted by Gasteiger charge is 2.09. The first-order valence-electron chi connectivity index (χ1n) is 6.56. The van der Waals surface area contributed by atoms with E-state index in [2.05, 4.69) is 15.5 Å². The maximum Gasteiger partial charge on any atom is 0.353 e. The van der Waals surface area contributed by atoms with E-state index in [4.69, 9.17) is 10.5 Å². The Balaban J connectivity index is 1.64. The number of nitrogens with one attached hydrogen (secondary N) is 1. The molecular weight excluding hydrogens is 332 g/mol. The van der Waals surface area contributed by atoms with Crippen molar-refractivity contribution in [3.05, 3.63) is 57.6 Å². The van der Waals surface area contributed by atoms with Crippen LogP contribution in [0.5, 0.6) is 5.75 Å². The van der Waals surface area contributed by atoms with Gasteiger partial charge in [0.2, 0.25) is 5.13 Å². The Morgan fingerprint density at radius 3 is 2.96 bits per heavy atom. The SMILES string of the molecule is Nc1csc(NN=Cc2cccc(OC(=O)c3cccs3)c2)n1. The van der Waals surface area contributed by atoms with Crippen LogP contribution in [0.4, 0.5) is 10.9 Å². The highest BCUT2D eigenvalue weighted by molar-refractivity contribution is 7.14. The van der Waals surface area contributed by atoms with Crippen LogP contribution in [-0.2, 0) is 0 Å². The van der Waals surface area contributed by atoms with Crippen LogP contribution in [0.3, 0.4) is 0 Å². The van der Waals surface area contributed by atoms with E-state index in [0.29, 0.717) is 21.6 Å². The summed E-state index contributed by atoms with van der Waals surface area (Å²) in [5.41, 5.74) is 9.11. The van der Waals surface area contributed by atoms with Gasteiger partial charge in [-0.05, 0) is 29.1 Å². The van der Waals surface area contributed by atoms with Gasteiger partial charge in [-0.25, -0.2) is 9.78 Å². The van der Waals surface area contributed by atoms with Crippen molar-refractivity contribution in [3.8, 4) is 5.75 Å². The minimum absolute atomic E-state index is 0.370. The molecule has 0 fully saturated rings. The summed E-state index contributed by atoms with van der Waals surface area (Å²) in [7, 11) is 0. The first-order chi connectivity index (χ1) is 11.2. The first-order valence-corrected chi connectivity index (χ1v) is 8.32. The van der Waals surface area contributed by atoms with Gasteiger partial charge in [-0.15, -0.1) is 22.7 Å². The van der Waals surface area contributed by atoms with Gasteiger partial charge < -0.3 is 10.5 Å². The number of hydrogen-bond donors (Lipinski definition) is 2. The highest BCUT2D eigenvalue weighted by Crippen LogP contribution is 2.18. The van der Waals surface area contributed by atoms with Crippen molar-refractivity contribution < 1.29 is 9.53 Å². The molecule has 3 N–H and O–H groups in total. The molecule has 3 rings (SSSR count). The molecule has 0 spiro atoms. The minimum Gasteiger partial charge on any atom is -0.422 e. The van der Waals surface area contributed by atoms with Crippen molar-refractivity contribution in [2.75, 3.05) is 11.2 Å². The number of anilines is 2. The number of hydrazone groups is 1. The summed E-state index contributed by atoms with van der Waals surface area (Å²) in [4.78, 5) is 16.5. The molecule has 1 aromatic carbocycles. The fourth-order valence-corrected chi connectivity index (χ4v) is 2.86. The molecule has 0 bridgehead atoms. The van der Waals surface area contributed by atoms with Crippen LogP contribution in [0, 0.1) is 0 Å². The van der Waals surface area contributed by atoms with E-state index in [9.17, 15) is 4.79 Å². The first kappa shape index (κ1) is 15.2. The van der Waals surface area contributed by atoms with Gasteiger partial charge in [0.1, 0.15) is 16.4 Å². The fourth-order valence-electron chi connectivity index (χ4n) is 1.71. The average Bonchev–Trinajstić information content (AvgIpc) is 3.19. The van der Waals surface area contributed by atoms with Crippen molar-refractivity contribution in [2.24, 2.45) is 5.10 Å². The lowest BCUT2D eigenvalue weighted by Gasteiger charge is -2.03. The number of nitrogen functional groups attached to an aromatic ring is 1. The molecule has 2 aromatic heterocycles. The molecule has 8 heteroatoms. The quantitative estimate of drug-likeness (QED) is 0.320. The van der Waals surface area contributed by atoms with Crippen LogP contribution in [0.2, 0.25) is 0 Å². The molecular formula is C15H12N4O2S2. The van der Waals surface area contributed by atoms with E-state index < -0.39 is 0 Å². The predicted molar refractivity (Wildman–Crippen MR) is 93.5 cm³/mol. The molecule has 0 atom stereocenters. The van der Waals surface area contributed by atoms with Crippen molar-refractivity contribution in [1.82, 2.24) is 4.98 Å². The third-order valence-electron chi connectivity index (χ3n) is 2.69. The Hall–Kier alpha value is -2.71. The Morgan fingerprint density at radius 2 is 2.22 bits per heavy atom. The van der Waals surface area contributed by atoms with Crippen molar-refractivity contribution >= 4 is 45.8 Å². The standard InChI is InChI=1S/C15H12N4O2S2/c16-13-9-23-15(18-13)19-17-8-10-3-1-4-11(7-10)21-14(20)12-5-2-6-22-12/h1-9H,16H2,(H,18,19). The van der Waals surface area contributed by atoms with Crippen LogP contribution in [-0.4, -0.2) is 17.2 Å². The molecule has 6 nitrogen and oxygen atoms in total. The zero-order valence-electron chi connectivity index (χ0n) is 11.8. The molecule has 3 aromatic rings. The molecule has 0 saturated carbocycles. The fraction of sp³-hybridized carbons (Fsp3) is 0. The predicted octanol–water partition coefficient (Wildman–Crippen LogP) is 3.45. The van der Waals surface area contributed by atoms with E-state index in [1.807, 2.05) is 11.4 Å². The topological polar surface area (TPSA) is 89.6 Å². The number of aromatic nitrogens is 1. The molecule has 0 amide bonds. The third-order valence-corrected chi connectivity index (χ3v) is 4.30. The normalized spacial score (nSPS) is 10.8. The Labute approximate surface area is 140 Å². The number of ether oxygens (including phenoxy) is 1. The smallest absolute Gasteiger partial charge is 0.353 e. The molecule has 2 heterocycles. The van der Waals surface area contributed by atoms with Crippen molar-refractivity contribution in [3.63, 3.8) is 0 Å². The average molecular weight is 344 g/mol. The Bertz CT molecular complexity index is 828.